The van der Waals surface area contributed by atoms with Crippen molar-refractivity contribution >= 4 is 0 Å². The van der Waals surface area contributed by atoms with Crippen LogP contribution in [-0.4, -0.2) is 27.9 Å². The van der Waals surface area contributed by atoms with Crippen molar-refractivity contribution in [2.75, 3.05) is 13.1 Å². The summed E-state index contributed by atoms with van der Waals surface area (Å²) in [5, 5.41) is 12.0. The van der Waals surface area contributed by atoms with Gasteiger partial charge in [-0.3, -0.25) is 0 Å². The second-order valence-corrected chi connectivity index (χ2v) is 4.70. The molecule has 0 aliphatic carbocycles. The second-order valence-electron chi connectivity index (χ2n) is 4.70. The molecule has 0 spiro atoms. The Kier molecular flexibility index (Phi) is 2.44. The fraction of sp³-hybridized carbons (Fsp3) is 0.818. The number of fused-ring (bicyclic) bond motifs is 1. The maximum atomic E-state index is 4.32. The molecule has 3 heterocycles. The Morgan fingerprint density at radius 3 is 3.20 bits per heavy atom. The number of hydrogen-bond acceptors (Lipinski definition) is 3. The molecule has 1 aromatic heterocycles. The normalized spacial score (nSPS) is 25.5. The molecule has 3 rings (SSSR count). The summed E-state index contributed by atoms with van der Waals surface area (Å²) in [5.74, 6) is 3.19. The fourth-order valence-corrected chi connectivity index (χ4v) is 2.72. The zero-order valence-electron chi connectivity index (χ0n) is 9.08. The van der Waals surface area contributed by atoms with Crippen molar-refractivity contribution in [1.29, 1.82) is 0 Å². The molecule has 82 valence electrons. The van der Waals surface area contributed by atoms with Crippen molar-refractivity contribution < 1.29 is 0 Å². The topological polar surface area (TPSA) is 42.7 Å². The average molecular weight is 206 g/mol. The Bertz CT molecular complexity index is 338. The maximum Gasteiger partial charge on any atom is 0.133 e. The number of aromatic nitrogens is 3. The van der Waals surface area contributed by atoms with Gasteiger partial charge in [0.25, 0.3) is 0 Å². The number of hydrogen-bond donors (Lipinski definition) is 1. The summed E-state index contributed by atoms with van der Waals surface area (Å²) in [6.07, 6.45) is 6.14. The van der Waals surface area contributed by atoms with E-state index in [9.17, 15) is 0 Å². The standard InChI is InChI=1S/C11H18N4/c1-3-9(8-12-5-1)7-11-14-13-10-4-2-6-15(10)11/h9,12H,1-8H2. The Balaban J connectivity index is 1.70. The molecule has 15 heavy (non-hydrogen) atoms. The van der Waals surface area contributed by atoms with E-state index in [1.54, 1.807) is 0 Å². The SMILES string of the molecule is C1CNCC(Cc2nnc3n2CCC3)C1. The van der Waals surface area contributed by atoms with Crippen LogP contribution in [0.25, 0.3) is 0 Å². The van der Waals surface area contributed by atoms with Crippen LogP contribution in [-0.2, 0) is 19.4 Å². The molecule has 0 saturated carbocycles. The number of nitrogens with zero attached hydrogens (tertiary/aromatic N) is 3. The number of nitrogens with one attached hydrogen (secondary N) is 1. The molecule has 1 aromatic rings. The Labute approximate surface area is 90.1 Å². The van der Waals surface area contributed by atoms with Crippen molar-refractivity contribution in [3.63, 3.8) is 0 Å². The van der Waals surface area contributed by atoms with Crippen LogP contribution in [0, 0.1) is 5.92 Å². The molecule has 1 unspecified atom stereocenters. The molecular weight excluding hydrogens is 188 g/mol. The highest BCUT2D eigenvalue weighted by Crippen LogP contribution is 2.19. The number of piperidine rings is 1. The highest BCUT2D eigenvalue weighted by Gasteiger charge is 2.21. The van der Waals surface area contributed by atoms with Crippen LogP contribution in [0.4, 0.5) is 0 Å². The van der Waals surface area contributed by atoms with Crippen molar-refractivity contribution in [3.8, 4) is 0 Å². The molecule has 2 aliphatic heterocycles. The zero-order valence-corrected chi connectivity index (χ0v) is 9.08. The van der Waals surface area contributed by atoms with Gasteiger partial charge in [-0.2, -0.15) is 0 Å². The molecule has 0 aromatic carbocycles. The first kappa shape index (κ1) is 9.33. The van der Waals surface area contributed by atoms with Gasteiger partial charge in [-0.15, -0.1) is 10.2 Å². The van der Waals surface area contributed by atoms with Gasteiger partial charge in [0.05, 0.1) is 0 Å². The first-order valence-electron chi connectivity index (χ1n) is 6.05. The van der Waals surface area contributed by atoms with Crippen molar-refractivity contribution in [1.82, 2.24) is 20.1 Å². The number of rotatable bonds is 2. The summed E-state index contributed by atoms with van der Waals surface area (Å²) < 4.78 is 2.33. The van der Waals surface area contributed by atoms with E-state index in [4.69, 9.17) is 0 Å². The highest BCUT2D eigenvalue weighted by molar-refractivity contribution is 5.01. The van der Waals surface area contributed by atoms with Crippen LogP contribution in [0.1, 0.15) is 30.9 Å². The van der Waals surface area contributed by atoms with Crippen LogP contribution >= 0.6 is 0 Å². The van der Waals surface area contributed by atoms with Gasteiger partial charge in [-0.25, -0.2) is 0 Å². The van der Waals surface area contributed by atoms with E-state index < -0.39 is 0 Å². The second kappa shape index (κ2) is 3.93. The van der Waals surface area contributed by atoms with Gasteiger partial charge in [0.15, 0.2) is 0 Å². The predicted octanol–water partition coefficient (Wildman–Crippen LogP) is 0.766. The summed E-state index contributed by atoms with van der Waals surface area (Å²) in [6, 6.07) is 0. The van der Waals surface area contributed by atoms with Gasteiger partial charge in [0.1, 0.15) is 11.6 Å². The van der Waals surface area contributed by atoms with E-state index in [0.717, 1.165) is 31.8 Å². The molecule has 1 atom stereocenters. The highest BCUT2D eigenvalue weighted by atomic mass is 15.3. The smallest absolute Gasteiger partial charge is 0.133 e. The Hall–Kier alpha value is -0.900. The summed E-state index contributed by atoms with van der Waals surface area (Å²) in [7, 11) is 0. The lowest BCUT2D eigenvalue weighted by atomic mass is 9.96. The summed E-state index contributed by atoms with van der Waals surface area (Å²) in [5.41, 5.74) is 0. The van der Waals surface area contributed by atoms with E-state index in [1.807, 2.05) is 0 Å². The van der Waals surface area contributed by atoms with Crippen LogP contribution in [0.3, 0.4) is 0 Å². The largest absolute Gasteiger partial charge is 0.316 e. The molecule has 4 heteroatoms. The molecule has 0 bridgehead atoms. The van der Waals surface area contributed by atoms with Crippen molar-refractivity contribution in [2.45, 2.75) is 38.6 Å². The van der Waals surface area contributed by atoms with Crippen LogP contribution in [0.15, 0.2) is 0 Å². The van der Waals surface area contributed by atoms with E-state index in [1.165, 1.54) is 37.5 Å². The minimum Gasteiger partial charge on any atom is -0.316 e. The number of aryl methyl sites for hydroxylation is 1. The molecule has 1 fully saturated rings. The van der Waals surface area contributed by atoms with E-state index in [0.29, 0.717) is 0 Å². The summed E-state index contributed by atoms with van der Waals surface area (Å²) in [6.45, 7) is 3.48. The minimum absolute atomic E-state index is 0.771. The van der Waals surface area contributed by atoms with Gasteiger partial charge in [-0.05, 0) is 38.3 Å². The third kappa shape index (κ3) is 1.78. The monoisotopic (exact) mass is 206 g/mol. The average Bonchev–Trinajstić information content (AvgIpc) is 2.85. The van der Waals surface area contributed by atoms with Crippen LogP contribution in [0.5, 0.6) is 0 Å². The van der Waals surface area contributed by atoms with Gasteiger partial charge >= 0.3 is 0 Å². The van der Waals surface area contributed by atoms with Crippen LogP contribution in [0.2, 0.25) is 0 Å². The molecule has 1 saturated heterocycles. The van der Waals surface area contributed by atoms with Gasteiger partial charge in [0, 0.05) is 19.4 Å². The first-order chi connectivity index (χ1) is 7.43. The lowest BCUT2D eigenvalue weighted by Gasteiger charge is -2.22. The van der Waals surface area contributed by atoms with Crippen molar-refractivity contribution in [2.24, 2.45) is 5.92 Å². The van der Waals surface area contributed by atoms with E-state index in [2.05, 4.69) is 20.1 Å². The molecular formula is C11H18N4. The molecule has 4 nitrogen and oxygen atoms in total. The van der Waals surface area contributed by atoms with Crippen molar-refractivity contribution in [3.05, 3.63) is 11.6 Å². The summed E-state index contributed by atoms with van der Waals surface area (Å²) in [4.78, 5) is 0. The molecule has 0 radical (unpaired) electrons. The van der Waals surface area contributed by atoms with E-state index in [-0.39, 0.29) is 0 Å². The third-order valence-electron chi connectivity index (χ3n) is 3.56. The Morgan fingerprint density at radius 2 is 2.33 bits per heavy atom. The lowest BCUT2D eigenvalue weighted by Crippen LogP contribution is -2.31. The Morgan fingerprint density at radius 1 is 1.33 bits per heavy atom. The lowest BCUT2D eigenvalue weighted by molar-refractivity contribution is 0.366. The summed E-state index contributed by atoms with van der Waals surface area (Å²) >= 11 is 0. The van der Waals surface area contributed by atoms with Crippen LogP contribution < -0.4 is 5.32 Å². The van der Waals surface area contributed by atoms with E-state index >= 15 is 0 Å². The molecule has 0 amide bonds. The van der Waals surface area contributed by atoms with Gasteiger partial charge < -0.3 is 9.88 Å². The quantitative estimate of drug-likeness (QED) is 0.777. The minimum atomic E-state index is 0.771. The predicted molar refractivity (Wildman–Crippen MR) is 57.6 cm³/mol. The molecule has 2 aliphatic rings. The first-order valence-corrected chi connectivity index (χ1v) is 6.05. The third-order valence-corrected chi connectivity index (χ3v) is 3.56. The van der Waals surface area contributed by atoms with Gasteiger partial charge in [0.2, 0.25) is 0 Å². The fourth-order valence-electron chi connectivity index (χ4n) is 2.72. The van der Waals surface area contributed by atoms with Gasteiger partial charge in [-0.1, -0.05) is 0 Å². The zero-order chi connectivity index (χ0) is 10.1. The molecule has 1 N–H and O–H groups in total. The maximum absolute atomic E-state index is 4.32.